The van der Waals surface area contributed by atoms with Crippen LogP contribution in [0.25, 0.3) is 17.0 Å². The van der Waals surface area contributed by atoms with Gasteiger partial charge in [-0.25, -0.2) is 0 Å². The number of para-hydroxylation sites is 1. The molecule has 3 N–H and O–H groups in total. The number of amides is 1. The Morgan fingerprint density at radius 2 is 1.91 bits per heavy atom. The normalized spacial score (nSPS) is 11.1. The van der Waals surface area contributed by atoms with Gasteiger partial charge < -0.3 is 15.4 Å². The van der Waals surface area contributed by atoms with Gasteiger partial charge in [0.05, 0.1) is 0 Å². The van der Waals surface area contributed by atoms with Crippen molar-refractivity contribution in [2.45, 2.75) is 6.42 Å². The average Bonchev–Trinajstić information content (AvgIpc) is 2.97. The summed E-state index contributed by atoms with van der Waals surface area (Å²) >= 11 is 0. The fourth-order valence-electron chi connectivity index (χ4n) is 2.40. The van der Waals surface area contributed by atoms with Gasteiger partial charge >= 0.3 is 0 Å². The predicted molar refractivity (Wildman–Crippen MR) is 92.2 cm³/mol. The predicted octanol–water partition coefficient (Wildman–Crippen LogP) is 3.25. The number of carbonyl (C=O) groups is 1. The summed E-state index contributed by atoms with van der Waals surface area (Å²) in [5, 5.41) is 13.2. The maximum atomic E-state index is 11.8. The highest BCUT2D eigenvalue weighted by Crippen LogP contribution is 2.14. The smallest absolute Gasteiger partial charge is 0.244 e. The third kappa shape index (κ3) is 4.01. The van der Waals surface area contributed by atoms with Gasteiger partial charge in [0.1, 0.15) is 5.75 Å². The number of H-pyrrole nitrogens is 1. The van der Waals surface area contributed by atoms with E-state index in [0.29, 0.717) is 6.54 Å². The molecule has 3 rings (SSSR count). The van der Waals surface area contributed by atoms with Gasteiger partial charge in [-0.3, -0.25) is 4.79 Å². The Labute approximate surface area is 134 Å². The van der Waals surface area contributed by atoms with Gasteiger partial charge in [0.2, 0.25) is 5.91 Å². The Morgan fingerprint density at radius 3 is 2.70 bits per heavy atom. The van der Waals surface area contributed by atoms with Gasteiger partial charge in [-0.15, -0.1) is 0 Å². The van der Waals surface area contributed by atoms with Crippen molar-refractivity contribution in [3.63, 3.8) is 0 Å². The van der Waals surface area contributed by atoms with E-state index in [4.69, 9.17) is 0 Å². The summed E-state index contributed by atoms with van der Waals surface area (Å²) in [7, 11) is 0. The third-order valence-electron chi connectivity index (χ3n) is 3.60. The van der Waals surface area contributed by atoms with E-state index in [1.54, 1.807) is 30.3 Å². The van der Waals surface area contributed by atoms with Crippen LogP contribution in [0.1, 0.15) is 11.3 Å². The van der Waals surface area contributed by atoms with E-state index in [-0.39, 0.29) is 11.7 Å². The van der Waals surface area contributed by atoms with Crippen LogP contribution in [0.5, 0.6) is 5.75 Å². The zero-order valence-electron chi connectivity index (χ0n) is 12.6. The van der Waals surface area contributed by atoms with Crippen molar-refractivity contribution in [1.29, 1.82) is 0 Å². The number of phenols is 1. The Balaban J connectivity index is 1.49. The number of nitrogens with one attached hydrogen (secondary N) is 2. The quantitative estimate of drug-likeness (QED) is 0.634. The molecule has 23 heavy (non-hydrogen) atoms. The van der Waals surface area contributed by atoms with Crippen LogP contribution < -0.4 is 5.32 Å². The van der Waals surface area contributed by atoms with E-state index >= 15 is 0 Å². The molecule has 0 spiro atoms. The number of fused-ring (bicyclic) bond motifs is 1. The minimum atomic E-state index is -0.130. The number of rotatable bonds is 5. The highest BCUT2D eigenvalue weighted by atomic mass is 16.3. The molecule has 0 aliphatic carbocycles. The van der Waals surface area contributed by atoms with Crippen LogP contribution in [-0.2, 0) is 11.2 Å². The van der Waals surface area contributed by atoms with E-state index in [1.807, 2.05) is 18.2 Å². The molecule has 0 saturated heterocycles. The van der Waals surface area contributed by atoms with Crippen molar-refractivity contribution in [3.05, 3.63) is 71.9 Å². The Bertz CT molecular complexity index is 799. The van der Waals surface area contributed by atoms with E-state index in [9.17, 15) is 9.90 Å². The van der Waals surface area contributed by atoms with Crippen molar-refractivity contribution in [3.8, 4) is 5.75 Å². The second-order valence-corrected chi connectivity index (χ2v) is 5.35. The zero-order valence-corrected chi connectivity index (χ0v) is 12.6. The molecule has 4 nitrogen and oxygen atoms in total. The van der Waals surface area contributed by atoms with E-state index < -0.39 is 0 Å². The van der Waals surface area contributed by atoms with Crippen molar-refractivity contribution < 1.29 is 9.90 Å². The van der Waals surface area contributed by atoms with Crippen molar-refractivity contribution in [1.82, 2.24) is 10.3 Å². The second-order valence-electron chi connectivity index (χ2n) is 5.35. The molecular weight excluding hydrogens is 288 g/mol. The number of carbonyl (C=O) groups excluding carboxylic acids is 1. The summed E-state index contributed by atoms with van der Waals surface area (Å²) in [5.41, 5.74) is 3.09. The fraction of sp³-hybridized carbons (Fsp3) is 0.105. The molecule has 0 aliphatic heterocycles. The first-order valence-electron chi connectivity index (χ1n) is 7.52. The van der Waals surface area contributed by atoms with Gasteiger partial charge in [0.25, 0.3) is 0 Å². The average molecular weight is 306 g/mol. The first kappa shape index (κ1) is 14.9. The van der Waals surface area contributed by atoms with Crippen molar-refractivity contribution in [2.24, 2.45) is 0 Å². The molecule has 0 radical (unpaired) electrons. The zero-order chi connectivity index (χ0) is 16.1. The Morgan fingerprint density at radius 1 is 1.13 bits per heavy atom. The van der Waals surface area contributed by atoms with Gasteiger partial charge in [0.15, 0.2) is 0 Å². The van der Waals surface area contributed by atoms with Gasteiger partial charge in [0, 0.05) is 30.3 Å². The van der Waals surface area contributed by atoms with Crippen LogP contribution in [0, 0.1) is 0 Å². The van der Waals surface area contributed by atoms with Gasteiger partial charge in [-0.1, -0.05) is 30.3 Å². The number of phenolic OH excluding ortho intramolecular Hbond substituents is 1. The number of benzene rings is 2. The second kappa shape index (κ2) is 6.83. The standard InChI is InChI=1S/C19H18N2O2/c22-17-8-5-14(6-9-17)7-10-19(23)20-12-11-16-13-15-3-1-2-4-18(15)21-16/h1-10,13,21-22H,11-12H2,(H,20,23). The Kier molecular flexibility index (Phi) is 4.43. The maximum Gasteiger partial charge on any atom is 0.244 e. The summed E-state index contributed by atoms with van der Waals surface area (Å²) in [4.78, 5) is 15.1. The summed E-state index contributed by atoms with van der Waals surface area (Å²) in [5.74, 6) is 0.0825. The number of aromatic hydroxyl groups is 1. The number of aromatic amines is 1. The van der Waals surface area contributed by atoms with Crippen LogP contribution in [-0.4, -0.2) is 22.5 Å². The molecular formula is C19H18N2O2. The number of hydrogen-bond donors (Lipinski definition) is 3. The summed E-state index contributed by atoms with van der Waals surface area (Å²) in [6, 6.07) is 16.9. The molecule has 1 heterocycles. The largest absolute Gasteiger partial charge is 0.508 e. The summed E-state index contributed by atoms with van der Waals surface area (Å²) in [6.45, 7) is 0.575. The lowest BCUT2D eigenvalue weighted by Gasteiger charge is -2.00. The van der Waals surface area contributed by atoms with E-state index in [1.165, 1.54) is 11.5 Å². The first-order valence-corrected chi connectivity index (χ1v) is 7.52. The van der Waals surface area contributed by atoms with E-state index in [2.05, 4.69) is 22.4 Å². The number of hydrogen-bond acceptors (Lipinski definition) is 2. The lowest BCUT2D eigenvalue weighted by atomic mass is 10.2. The highest BCUT2D eigenvalue weighted by Gasteiger charge is 2.01. The molecule has 0 aliphatic rings. The van der Waals surface area contributed by atoms with Crippen molar-refractivity contribution >= 4 is 22.9 Å². The van der Waals surface area contributed by atoms with Gasteiger partial charge in [-0.2, -0.15) is 0 Å². The molecule has 1 aromatic heterocycles. The highest BCUT2D eigenvalue weighted by molar-refractivity contribution is 5.91. The molecule has 0 unspecified atom stereocenters. The topological polar surface area (TPSA) is 65.1 Å². The molecule has 3 aromatic rings. The van der Waals surface area contributed by atoms with Crippen LogP contribution in [0.2, 0.25) is 0 Å². The SMILES string of the molecule is O=C(C=Cc1ccc(O)cc1)NCCc1cc2ccccc2[nH]1. The van der Waals surface area contributed by atoms with E-state index in [0.717, 1.165) is 23.2 Å². The molecule has 0 bridgehead atoms. The van der Waals surface area contributed by atoms with Crippen LogP contribution in [0.4, 0.5) is 0 Å². The summed E-state index contributed by atoms with van der Waals surface area (Å²) < 4.78 is 0. The van der Waals surface area contributed by atoms with Crippen molar-refractivity contribution in [2.75, 3.05) is 6.54 Å². The number of aromatic nitrogens is 1. The summed E-state index contributed by atoms with van der Waals surface area (Å²) in [6.07, 6.45) is 3.97. The minimum Gasteiger partial charge on any atom is -0.508 e. The molecule has 0 atom stereocenters. The molecule has 4 heteroatoms. The molecule has 0 fully saturated rings. The van der Waals surface area contributed by atoms with Crippen LogP contribution in [0.15, 0.2) is 60.7 Å². The van der Waals surface area contributed by atoms with Gasteiger partial charge in [-0.05, 0) is 41.3 Å². The first-order chi connectivity index (χ1) is 11.2. The minimum absolute atomic E-state index is 0.130. The third-order valence-corrected chi connectivity index (χ3v) is 3.60. The monoisotopic (exact) mass is 306 g/mol. The van der Waals surface area contributed by atoms with Crippen LogP contribution in [0.3, 0.4) is 0 Å². The lowest BCUT2D eigenvalue weighted by Crippen LogP contribution is -2.23. The fourth-order valence-corrected chi connectivity index (χ4v) is 2.40. The van der Waals surface area contributed by atoms with Crippen LogP contribution >= 0.6 is 0 Å². The lowest BCUT2D eigenvalue weighted by molar-refractivity contribution is -0.116. The maximum absolute atomic E-state index is 11.8. The molecule has 2 aromatic carbocycles. The molecule has 1 amide bonds. The molecule has 116 valence electrons. The Hall–Kier alpha value is -3.01. The molecule has 0 saturated carbocycles.